The smallest absolute Gasteiger partial charge is 0.331 e. The van der Waals surface area contributed by atoms with Gasteiger partial charge in [0.05, 0.1) is 0 Å². The lowest BCUT2D eigenvalue weighted by atomic mass is 10.0. The lowest BCUT2D eigenvalue weighted by molar-refractivity contribution is -0.148. The Morgan fingerprint density at radius 3 is 2.47 bits per heavy atom. The number of aliphatic carboxylic acids is 1. The molecular weight excluding hydrogens is 250 g/mol. The van der Waals surface area contributed by atoms with Gasteiger partial charge in [0.25, 0.3) is 0 Å². The first-order valence-electron chi connectivity index (χ1n) is 5.86. The first-order valence-corrected chi connectivity index (χ1v) is 5.86. The molecule has 0 spiro atoms. The van der Waals surface area contributed by atoms with E-state index in [1.54, 1.807) is 18.2 Å². The molecule has 6 heteroatoms. The van der Waals surface area contributed by atoms with Crippen LogP contribution in [0, 0.1) is 0 Å². The maximum Gasteiger partial charge on any atom is 0.331 e. The standard InChI is InChI=1S/C13H15NO5/c1-8(15)14(2)12(13(16)17)9-3-4-10-11(7-9)19-6-5-18-10/h3-4,7,12H,5-6H2,1-2H3,(H,16,17). The van der Waals surface area contributed by atoms with Crippen molar-refractivity contribution in [3.8, 4) is 11.5 Å². The highest BCUT2D eigenvalue weighted by atomic mass is 16.6. The van der Waals surface area contributed by atoms with Crippen LogP contribution in [0.5, 0.6) is 11.5 Å². The molecule has 1 aliphatic rings. The SMILES string of the molecule is CC(=O)N(C)C(C(=O)O)c1ccc2c(c1)OCCO2. The predicted molar refractivity (Wildman–Crippen MR) is 66.3 cm³/mol. The first-order chi connectivity index (χ1) is 9.00. The zero-order chi connectivity index (χ0) is 14.0. The summed E-state index contributed by atoms with van der Waals surface area (Å²) >= 11 is 0. The van der Waals surface area contributed by atoms with Crippen molar-refractivity contribution in [2.24, 2.45) is 0 Å². The largest absolute Gasteiger partial charge is 0.486 e. The Morgan fingerprint density at radius 2 is 1.89 bits per heavy atom. The molecule has 19 heavy (non-hydrogen) atoms. The summed E-state index contributed by atoms with van der Waals surface area (Å²) in [4.78, 5) is 23.9. The Bertz CT molecular complexity index is 514. The van der Waals surface area contributed by atoms with Crippen LogP contribution < -0.4 is 9.47 Å². The quantitative estimate of drug-likeness (QED) is 0.884. The second-order valence-electron chi connectivity index (χ2n) is 4.27. The van der Waals surface area contributed by atoms with Crippen LogP contribution in [0.3, 0.4) is 0 Å². The van der Waals surface area contributed by atoms with Gasteiger partial charge in [0, 0.05) is 14.0 Å². The Kier molecular flexibility index (Phi) is 3.59. The van der Waals surface area contributed by atoms with E-state index in [4.69, 9.17) is 9.47 Å². The Labute approximate surface area is 110 Å². The van der Waals surface area contributed by atoms with Gasteiger partial charge in [-0.1, -0.05) is 6.07 Å². The second-order valence-corrected chi connectivity index (χ2v) is 4.27. The number of carboxylic acids is 1. The highest BCUT2D eigenvalue weighted by Gasteiger charge is 2.28. The van der Waals surface area contributed by atoms with Gasteiger partial charge in [0.15, 0.2) is 17.5 Å². The summed E-state index contributed by atoms with van der Waals surface area (Å²) in [6.07, 6.45) is 0. The number of hydrogen-bond acceptors (Lipinski definition) is 4. The van der Waals surface area contributed by atoms with Gasteiger partial charge in [-0.15, -0.1) is 0 Å². The molecule has 0 saturated carbocycles. The molecule has 0 fully saturated rings. The fraction of sp³-hybridized carbons (Fsp3) is 0.385. The lowest BCUT2D eigenvalue weighted by Gasteiger charge is -2.25. The molecule has 0 saturated heterocycles. The van der Waals surface area contributed by atoms with E-state index in [1.807, 2.05) is 0 Å². The van der Waals surface area contributed by atoms with Crippen LogP contribution >= 0.6 is 0 Å². The topological polar surface area (TPSA) is 76.1 Å². The average Bonchev–Trinajstić information content (AvgIpc) is 2.38. The first kappa shape index (κ1) is 13.2. The highest BCUT2D eigenvalue weighted by molar-refractivity contribution is 5.83. The molecule has 1 aromatic rings. The molecule has 1 aliphatic heterocycles. The van der Waals surface area contributed by atoms with Gasteiger partial charge in [0.2, 0.25) is 5.91 Å². The summed E-state index contributed by atoms with van der Waals surface area (Å²) < 4.78 is 10.8. The molecule has 0 aromatic heterocycles. The number of ether oxygens (including phenoxy) is 2. The van der Waals surface area contributed by atoms with E-state index in [2.05, 4.69) is 0 Å². The van der Waals surface area contributed by atoms with E-state index in [9.17, 15) is 14.7 Å². The van der Waals surface area contributed by atoms with Gasteiger partial charge in [-0.05, 0) is 17.7 Å². The fourth-order valence-electron chi connectivity index (χ4n) is 1.94. The van der Waals surface area contributed by atoms with Crippen LogP contribution in [-0.2, 0) is 9.59 Å². The molecule has 1 unspecified atom stereocenters. The van der Waals surface area contributed by atoms with Crippen LogP contribution in [-0.4, -0.2) is 42.1 Å². The summed E-state index contributed by atoms with van der Waals surface area (Å²) in [5, 5.41) is 9.28. The van der Waals surface area contributed by atoms with Crippen molar-refractivity contribution >= 4 is 11.9 Å². The van der Waals surface area contributed by atoms with Crippen LogP contribution in [0.25, 0.3) is 0 Å². The van der Waals surface area contributed by atoms with Crippen LogP contribution in [0.2, 0.25) is 0 Å². The van der Waals surface area contributed by atoms with E-state index in [0.717, 1.165) is 0 Å². The number of benzene rings is 1. The van der Waals surface area contributed by atoms with Crippen LogP contribution in [0.15, 0.2) is 18.2 Å². The van der Waals surface area contributed by atoms with Gasteiger partial charge in [-0.3, -0.25) is 4.79 Å². The molecule has 6 nitrogen and oxygen atoms in total. The number of rotatable bonds is 3. The fourth-order valence-corrected chi connectivity index (χ4v) is 1.94. The maximum absolute atomic E-state index is 11.4. The number of likely N-dealkylation sites (N-methyl/N-ethyl adjacent to an activating group) is 1. The van der Waals surface area contributed by atoms with Gasteiger partial charge >= 0.3 is 5.97 Å². The Morgan fingerprint density at radius 1 is 1.26 bits per heavy atom. The summed E-state index contributed by atoms with van der Waals surface area (Å²) in [6, 6.07) is 3.86. The normalized spacial score (nSPS) is 14.6. The van der Waals surface area contributed by atoms with Crippen molar-refractivity contribution in [1.29, 1.82) is 0 Å². The van der Waals surface area contributed by atoms with Crippen molar-refractivity contribution in [3.05, 3.63) is 23.8 Å². The van der Waals surface area contributed by atoms with Crippen molar-refractivity contribution in [3.63, 3.8) is 0 Å². The average molecular weight is 265 g/mol. The minimum absolute atomic E-state index is 0.317. The minimum Gasteiger partial charge on any atom is -0.486 e. The zero-order valence-electron chi connectivity index (χ0n) is 10.8. The summed E-state index contributed by atoms with van der Waals surface area (Å²) in [6.45, 7) is 2.23. The summed E-state index contributed by atoms with van der Waals surface area (Å²) in [7, 11) is 1.46. The lowest BCUT2D eigenvalue weighted by Crippen LogP contribution is -2.34. The summed E-state index contributed by atoms with van der Waals surface area (Å²) in [5.41, 5.74) is 0.481. The zero-order valence-corrected chi connectivity index (χ0v) is 10.8. The monoisotopic (exact) mass is 265 g/mol. The number of nitrogens with zero attached hydrogens (tertiary/aromatic N) is 1. The van der Waals surface area contributed by atoms with Gasteiger partial charge in [0.1, 0.15) is 13.2 Å². The number of amides is 1. The molecule has 2 rings (SSSR count). The highest BCUT2D eigenvalue weighted by Crippen LogP contribution is 2.33. The molecular formula is C13H15NO5. The third-order valence-corrected chi connectivity index (χ3v) is 3.00. The van der Waals surface area contributed by atoms with Gasteiger partial charge in [-0.2, -0.15) is 0 Å². The molecule has 0 radical (unpaired) electrons. The van der Waals surface area contributed by atoms with Crippen molar-refractivity contribution in [2.75, 3.05) is 20.3 Å². The van der Waals surface area contributed by atoms with E-state index in [0.29, 0.717) is 30.3 Å². The van der Waals surface area contributed by atoms with Gasteiger partial charge in [-0.25, -0.2) is 4.79 Å². The number of fused-ring (bicyclic) bond motifs is 1. The molecule has 0 aliphatic carbocycles. The van der Waals surface area contributed by atoms with Crippen molar-refractivity contribution in [2.45, 2.75) is 13.0 Å². The molecule has 1 atom stereocenters. The van der Waals surface area contributed by atoms with Crippen molar-refractivity contribution < 1.29 is 24.2 Å². The number of carboxylic acid groups (broad SMARTS) is 1. The second kappa shape index (κ2) is 5.17. The van der Waals surface area contributed by atoms with E-state index in [-0.39, 0.29) is 5.91 Å². The molecule has 102 valence electrons. The Balaban J connectivity index is 2.37. The molecule has 1 heterocycles. The van der Waals surface area contributed by atoms with E-state index < -0.39 is 12.0 Å². The van der Waals surface area contributed by atoms with E-state index in [1.165, 1.54) is 18.9 Å². The molecule has 1 aromatic carbocycles. The molecule has 1 amide bonds. The van der Waals surface area contributed by atoms with Crippen LogP contribution in [0.1, 0.15) is 18.5 Å². The Hall–Kier alpha value is -2.24. The van der Waals surface area contributed by atoms with Gasteiger partial charge < -0.3 is 19.5 Å². The number of hydrogen-bond donors (Lipinski definition) is 1. The van der Waals surface area contributed by atoms with E-state index >= 15 is 0 Å². The molecule has 1 N–H and O–H groups in total. The van der Waals surface area contributed by atoms with Crippen LogP contribution in [0.4, 0.5) is 0 Å². The molecule has 0 bridgehead atoms. The number of carbonyl (C=O) groups is 2. The third kappa shape index (κ3) is 2.62. The minimum atomic E-state index is -1.09. The third-order valence-electron chi connectivity index (χ3n) is 3.00. The predicted octanol–water partition coefficient (Wildman–Crippen LogP) is 1.06. The summed E-state index contributed by atoms with van der Waals surface area (Å²) in [5.74, 6) is -0.312. The van der Waals surface area contributed by atoms with Crippen molar-refractivity contribution in [1.82, 2.24) is 4.90 Å². The number of carbonyl (C=O) groups excluding carboxylic acids is 1. The maximum atomic E-state index is 11.4.